The van der Waals surface area contributed by atoms with Gasteiger partial charge in [0, 0.05) is 30.4 Å². The van der Waals surface area contributed by atoms with Gasteiger partial charge in [0.2, 0.25) is 0 Å². The molecule has 1 unspecified atom stereocenters. The molecule has 7 heteroatoms. The fraction of sp³-hybridized carbons (Fsp3) is 0.280. The maximum Gasteiger partial charge on any atom is 0.270 e. The zero-order valence-corrected chi connectivity index (χ0v) is 17.8. The summed E-state index contributed by atoms with van der Waals surface area (Å²) in [7, 11) is 1.65. The van der Waals surface area contributed by atoms with Gasteiger partial charge in [-0.15, -0.1) is 0 Å². The lowest BCUT2D eigenvalue weighted by molar-refractivity contribution is 0.0693. The molecule has 0 aliphatic carbocycles. The second-order valence-electron chi connectivity index (χ2n) is 8.20. The Kier molecular flexibility index (Phi) is 5.39. The van der Waals surface area contributed by atoms with Crippen LogP contribution in [0.1, 0.15) is 46.5 Å². The number of oxazole rings is 1. The molecule has 6 nitrogen and oxygen atoms in total. The van der Waals surface area contributed by atoms with Crippen molar-refractivity contribution in [3.8, 4) is 5.75 Å². The fourth-order valence-corrected chi connectivity index (χ4v) is 4.32. The molecule has 2 aromatic carbocycles. The lowest BCUT2D eigenvalue weighted by Crippen LogP contribution is -2.39. The first-order valence-electron chi connectivity index (χ1n) is 10.7. The number of aromatic amines is 1. The SMILES string of the molecule is COc1cccc(Cc2cnc(C3CCCN(C(=O)c4cc5ccc(F)cc5[nH]4)C3)o2)c1. The highest BCUT2D eigenvalue weighted by atomic mass is 19.1. The molecule has 32 heavy (non-hydrogen) atoms. The molecule has 1 atom stereocenters. The standard InChI is InChI=1S/C25H24FN3O3/c1-31-20-6-2-4-16(10-20)11-21-14-27-24(32-21)18-5-3-9-29(15-18)25(30)23-12-17-7-8-19(26)13-22(17)28-23/h2,4,6-8,10,12-14,18,28H,3,5,9,11,15H2,1H3. The number of nitrogens with zero attached hydrogens (tertiary/aromatic N) is 2. The summed E-state index contributed by atoms with van der Waals surface area (Å²) in [5, 5.41) is 0.818. The van der Waals surface area contributed by atoms with Crippen molar-refractivity contribution >= 4 is 16.8 Å². The number of carbonyl (C=O) groups is 1. The number of piperidine rings is 1. The van der Waals surface area contributed by atoms with Crippen molar-refractivity contribution in [3.05, 3.63) is 83.5 Å². The van der Waals surface area contributed by atoms with Crippen molar-refractivity contribution in [2.24, 2.45) is 0 Å². The van der Waals surface area contributed by atoms with Gasteiger partial charge in [0.1, 0.15) is 23.0 Å². The van der Waals surface area contributed by atoms with Gasteiger partial charge in [-0.2, -0.15) is 0 Å². The molecule has 1 aliphatic rings. The van der Waals surface area contributed by atoms with E-state index in [4.69, 9.17) is 9.15 Å². The summed E-state index contributed by atoms with van der Waals surface area (Å²) in [6.45, 7) is 1.22. The highest BCUT2D eigenvalue weighted by Gasteiger charge is 2.29. The number of H-pyrrole nitrogens is 1. The summed E-state index contributed by atoms with van der Waals surface area (Å²) in [5.74, 6) is 1.89. The van der Waals surface area contributed by atoms with Crippen LogP contribution in [0.4, 0.5) is 4.39 Å². The van der Waals surface area contributed by atoms with Crippen LogP contribution in [-0.2, 0) is 6.42 Å². The fourth-order valence-electron chi connectivity index (χ4n) is 4.32. The molecule has 4 aromatic rings. The molecule has 0 bridgehead atoms. The normalized spacial score (nSPS) is 16.4. The minimum atomic E-state index is -0.329. The molecule has 5 rings (SSSR count). The Morgan fingerprint density at radius 3 is 3.06 bits per heavy atom. The topological polar surface area (TPSA) is 71.4 Å². The second-order valence-corrected chi connectivity index (χ2v) is 8.20. The van der Waals surface area contributed by atoms with Crippen LogP contribution in [0.5, 0.6) is 5.75 Å². The van der Waals surface area contributed by atoms with E-state index in [0.717, 1.165) is 35.3 Å². The molecule has 0 radical (unpaired) electrons. The molecule has 0 spiro atoms. The number of hydrogen-bond donors (Lipinski definition) is 1. The zero-order valence-electron chi connectivity index (χ0n) is 17.8. The molecule has 1 amide bonds. The first-order valence-corrected chi connectivity index (χ1v) is 10.7. The second kappa shape index (κ2) is 8.49. The number of nitrogens with one attached hydrogen (secondary N) is 1. The predicted octanol–water partition coefficient (Wildman–Crippen LogP) is 4.91. The van der Waals surface area contributed by atoms with Crippen LogP contribution in [0, 0.1) is 5.82 Å². The lowest BCUT2D eigenvalue weighted by Gasteiger charge is -2.31. The summed E-state index contributed by atoms with van der Waals surface area (Å²) in [5.41, 5.74) is 2.18. The van der Waals surface area contributed by atoms with Gasteiger partial charge >= 0.3 is 0 Å². The zero-order chi connectivity index (χ0) is 22.1. The Morgan fingerprint density at radius 1 is 1.28 bits per heavy atom. The van der Waals surface area contributed by atoms with E-state index < -0.39 is 0 Å². The van der Waals surface area contributed by atoms with Crippen LogP contribution in [0.15, 0.2) is 59.1 Å². The number of halogens is 1. The van der Waals surface area contributed by atoms with Crippen molar-refractivity contribution in [1.29, 1.82) is 0 Å². The Balaban J connectivity index is 1.28. The molecular weight excluding hydrogens is 409 g/mol. The van der Waals surface area contributed by atoms with Crippen LogP contribution in [0.25, 0.3) is 10.9 Å². The van der Waals surface area contributed by atoms with Gasteiger partial charge in [-0.1, -0.05) is 12.1 Å². The van der Waals surface area contributed by atoms with Crippen molar-refractivity contribution in [2.45, 2.75) is 25.2 Å². The van der Waals surface area contributed by atoms with Crippen LogP contribution in [-0.4, -0.2) is 41.0 Å². The molecule has 1 N–H and O–H groups in total. The summed E-state index contributed by atoms with van der Waals surface area (Å²) < 4.78 is 24.8. The quantitative estimate of drug-likeness (QED) is 0.485. The van der Waals surface area contributed by atoms with Gasteiger partial charge in [0.15, 0.2) is 5.89 Å². The van der Waals surface area contributed by atoms with E-state index in [0.29, 0.717) is 36.6 Å². The number of likely N-dealkylation sites (tertiary alicyclic amines) is 1. The first-order chi connectivity index (χ1) is 15.6. The third-order valence-electron chi connectivity index (χ3n) is 5.96. The van der Waals surface area contributed by atoms with E-state index in [9.17, 15) is 9.18 Å². The minimum Gasteiger partial charge on any atom is -0.497 e. The summed E-state index contributed by atoms with van der Waals surface area (Å²) in [4.78, 5) is 22.4. The van der Waals surface area contributed by atoms with Gasteiger partial charge in [-0.05, 0) is 54.8 Å². The third kappa shape index (κ3) is 4.10. The molecule has 1 fully saturated rings. The smallest absolute Gasteiger partial charge is 0.270 e. The average Bonchev–Trinajstić information content (AvgIpc) is 3.45. The Hall–Kier alpha value is -3.61. The molecular formula is C25H24FN3O3. The van der Waals surface area contributed by atoms with E-state index in [2.05, 4.69) is 9.97 Å². The van der Waals surface area contributed by atoms with Crippen LogP contribution >= 0.6 is 0 Å². The predicted molar refractivity (Wildman–Crippen MR) is 118 cm³/mol. The van der Waals surface area contributed by atoms with Crippen molar-refractivity contribution in [2.75, 3.05) is 20.2 Å². The number of hydrogen-bond acceptors (Lipinski definition) is 4. The Morgan fingerprint density at radius 2 is 2.19 bits per heavy atom. The maximum absolute atomic E-state index is 13.5. The van der Waals surface area contributed by atoms with Crippen LogP contribution in [0.2, 0.25) is 0 Å². The highest BCUT2D eigenvalue weighted by molar-refractivity contribution is 5.98. The van der Waals surface area contributed by atoms with E-state index in [-0.39, 0.29) is 17.6 Å². The number of carbonyl (C=O) groups excluding carboxylic acids is 1. The minimum absolute atomic E-state index is 0.0496. The Labute approximate surface area is 185 Å². The van der Waals surface area contributed by atoms with Crippen molar-refractivity contribution in [3.63, 3.8) is 0 Å². The van der Waals surface area contributed by atoms with Gasteiger partial charge in [-0.3, -0.25) is 4.79 Å². The maximum atomic E-state index is 13.5. The van der Waals surface area contributed by atoms with Gasteiger partial charge in [0.05, 0.1) is 19.2 Å². The van der Waals surface area contributed by atoms with Gasteiger partial charge < -0.3 is 19.0 Å². The molecule has 2 aromatic heterocycles. The lowest BCUT2D eigenvalue weighted by atomic mass is 9.97. The number of fused-ring (bicyclic) bond motifs is 1. The van der Waals surface area contributed by atoms with E-state index >= 15 is 0 Å². The number of rotatable bonds is 5. The van der Waals surface area contributed by atoms with Crippen LogP contribution in [0.3, 0.4) is 0 Å². The van der Waals surface area contributed by atoms with E-state index in [1.54, 1.807) is 25.4 Å². The third-order valence-corrected chi connectivity index (χ3v) is 5.96. The number of ether oxygens (including phenoxy) is 1. The van der Waals surface area contributed by atoms with Crippen molar-refractivity contribution in [1.82, 2.24) is 14.9 Å². The van der Waals surface area contributed by atoms with Crippen LogP contribution < -0.4 is 4.74 Å². The van der Waals surface area contributed by atoms with Gasteiger partial charge in [-0.25, -0.2) is 9.37 Å². The first kappa shape index (κ1) is 20.3. The van der Waals surface area contributed by atoms with Crippen molar-refractivity contribution < 1.29 is 18.3 Å². The number of aromatic nitrogens is 2. The number of benzene rings is 2. The largest absolute Gasteiger partial charge is 0.497 e. The molecule has 164 valence electrons. The van der Waals surface area contributed by atoms with Gasteiger partial charge in [0.25, 0.3) is 5.91 Å². The monoisotopic (exact) mass is 433 g/mol. The summed E-state index contributed by atoms with van der Waals surface area (Å²) in [6.07, 6.45) is 4.19. The molecule has 0 saturated carbocycles. The summed E-state index contributed by atoms with van der Waals surface area (Å²) >= 11 is 0. The average molecular weight is 433 g/mol. The van der Waals surface area contributed by atoms with E-state index in [1.165, 1.54) is 12.1 Å². The molecule has 1 aliphatic heterocycles. The summed E-state index contributed by atoms with van der Waals surface area (Å²) in [6, 6.07) is 14.1. The number of amides is 1. The Bertz CT molecular complexity index is 1260. The molecule has 3 heterocycles. The highest BCUT2D eigenvalue weighted by Crippen LogP contribution is 2.29. The van der Waals surface area contributed by atoms with E-state index in [1.807, 2.05) is 29.2 Å². The molecule has 1 saturated heterocycles. The number of methoxy groups -OCH3 is 1.